The lowest BCUT2D eigenvalue weighted by molar-refractivity contribution is 0.941. The Morgan fingerprint density at radius 1 is 0.783 bits per heavy atom. The number of rotatable bonds is 6. The highest BCUT2D eigenvalue weighted by Gasteiger charge is 1.98. The van der Waals surface area contributed by atoms with Gasteiger partial charge in [-0.15, -0.1) is 0 Å². The Morgan fingerprint density at radius 3 is 1.61 bits per heavy atom. The van der Waals surface area contributed by atoms with E-state index in [1.165, 1.54) is 17.3 Å². The van der Waals surface area contributed by atoms with Crippen LogP contribution in [-0.4, -0.2) is 24.6 Å². The lowest BCUT2D eigenvalue weighted by Gasteiger charge is -2.04. The zero-order valence-electron chi connectivity index (χ0n) is 13.3. The monoisotopic (exact) mass is 309 g/mol. The van der Waals surface area contributed by atoms with E-state index in [4.69, 9.17) is 17.2 Å². The number of nitrogens with zero attached hydrogens (tertiary/aromatic N) is 2. The zero-order chi connectivity index (χ0) is 16.7. The van der Waals surface area contributed by atoms with Crippen molar-refractivity contribution >= 4 is 23.8 Å². The summed E-state index contributed by atoms with van der Waals surface area (Å²) in [6.07, 6.45) is 3.59. The van der Waals surface area contributed by atoms with Gasteiger partial charge in [0.1, 0.15) is 0 Å². The topological polar surface area (TPSA) is 103 Å². The van der Waals surface area contributed by atoms with Crippen molar-refractivity contribution in [1.82, 2.24) is 0 Å². The second-order valence-electron chi connectivity index (χ2n) is 5.50. The van der Waals surface area contributed by atoms with Crippen molar-refractivity contribution in [2.24, 2.45) is 27.2 Å². The molecular formula is C18H23N5. The van der Waals surface area contributed by atoms with Crippen LogP contribution in [0.3, 0.4) is 0 Å². The van der Waals surface area contributed by atoms with Crippen molar-refractivity contribution in [2.75, 3.05) is 0 Å². The van der Waals surface area contributed by atoms with E-state index in [9.17, 15) is 0 Å². The smallest absolute Gasteiger partial charge is 0.0889 e. The van der Waals surface area contributed by atoms with Crippen LogP contribution >= 0.6 is 0 Å². The number of hydrogen-bond acceptors (Lipinski definition) is 5. The molecule has 2 aromatic rings. The molecule has 0 bridgehead atoms. The maximum Gasteiger partial charge on any atom is 0.0889 e. The van der Waals surface area contributed by atoms with Gasteiger partial charge in [-0.3, -0.25) is 9.98 Å². The lowest BCUT2D eigenvalue weighted by Crippen LogP contribution is -2.31. The van der Waals surface area contributed by atoms with Crippen molar-refractivity contribution in [3.63, 3.8) is 0 Å². The fourth-order valence-electron chi connectivity index (χ4n) is 2.01. The summed E-state index contributed by atoms with van der Waals surface area (Å²) in [6.45, 7) is 1.90. The van der Waals surface area contributed by atoms with E-state index in [0.29, 0.717) is 0 Å². The molecule has 0 aliphatic carbocycles. The summed E-state index contributed by atoms with van der Waals surface area (Å²) in [5, 5.41) is 0. The molecule has 1 atom stereocenters. The lowest BCUT2D eigenvalue weighted by atomic mass is 10.0. The number of aliphatic imine (C=N–C) groups is 2. The van der Waals surface area contributed by atoms with Gasteiger partial charge in [-0.1, -0.05) is 24.3 Å². The summed E-state index contributed by atoms with van der Waals surface area (Å²) in [5.74, 6) is 0. The van der Waals surface area contributed by atoms with Gasteiger partial charge in [-0.05, 0) is 48.7 Å². The molecule has 0 fully saturated rings. The van der Waals surface area contributed by atoms with Gasteiger partial charge in [0.05, 0.1) is 17.5 Å². The molecular weight excluding hydrogens is 286 g/mol. The van der Waals surface area contributed by atoms with Crippen LogP contribution in [0.5, 0.6) is 0 Å². The van der Waals surface area contributed by atoms with Crippen molar-refractivity contribution in [3.05, 3.63) is 59.7 Å². The maximum absolute atomic E-state index is 5.65. The highest BCUT2D eigenvalue weighted by atomic mass is 14.9. The van der Waals surface area contributed by atoms with Gasteiger partial charge >= 0.3 is 0 Å². The largest absolute Gasteiger partial charge is 0.323 e. The van der Waals surface area contributed by atoms with Gasteiger partial charge in [-0.2, -0.15) is 0 Å². The third-order valence-electron chi connectivity index (χ3n) is 3.14. The third-order valence-corrected chi connectivity index (χ3v) is 3.14. The molecule has 0 aliphatic heterocycles. The molecule has 0 aromatic heterocycles. The molecule has 0 radical (unpaired) electrons. The predicted molar refractivity (Wildman–Crippen MR) is 97.8 cm³/mol. The molecule has 6 N–H and O–H groups in total. The van der Waals surface area contributed by atoms with Gasteiger partial charge in [0.25, 0.3) is 0 Å². The molecule has 120 valence electrons. The van der Waals surface area contributed by atoms with Crippen molar-refractivity contribution < 1.29 is 0 Å². The first-order chi connectivity index (χ1) is 11.0. The van der Waals surface area contributed by atoms with Crippen molar-refractivity contribution in [1.29, 1.82) is 0 Å². The number of benzene rings is 2. The average Bonchev–Trinajstić information content (AvgIpc) is 2.53. The van der Waals surface area contributed by atoms with E-state index < -0.39 is 6.17 Å². The predicted octanol–water partition coefficient (Wildman–Crippen LogP) is 2.27. The summed E-state index contributed by atoms with van der Waals surface area (Å²) in [5.41, 5.74) is 20.7. The van der Waals surface area contributed by atoms with E-state index in [-0.39, 0.29) is 6.04 Å². The molecule has 0 saturated heterocycles. The van der Waals surface area contributed by atoms with Crippen molar-refractivity contribution in [3.8, 4) is 0 Å². The van der Waals surface area contributed by atoms with Crippen LogP contribution in [-0.2, 0) is 6.42 Å². The molecule has 0 spiro atoms. The Balaban J connectivity index is 1.99. The summed E-state index contributed by atoms with van der Waals surface area (Å²) >= 11 is 0. The summed E-state index contributed by atoms with van der Waals surface area (Å²) in [7, 11) is 0. The van der Waals surface area contributed by atoms with Crippen LogP contribution in [0.15, 0.2) is 58.5 Å². The van der Waals surface area contributed by atoms with E-state index in [0.717, 1.165) is 17.8 Å². The second kappa shape index (κ2) is 8.33. The first-order valence-electron chi connectivity index (χ1n) is 7.56. The van der Waals surface area contributed by atoms with Crippen LogP contribution in [0.25, 0.3) is 0 Å². The van der Waals surface area contributed by atoms with Gasteiger partial charge in [0, 0.05) is 18.5 Å². The van der Waals surface area contributed by atoms with Crippen LogP contribution in [0.2, 0.25) is 0 Å². The normalized spacial score (nSPS) is 13.3. The first-order valence-corrected chi connectivity index (χ1v) is 7.56. The molecule has 2 rings (SSSR count). The standard InChI is InChI=1S/C18H23N5/c1-13(19)11-22-16-6-2-14(3-7-16)10-15-4-8-17(9-5-15)23-12-18(20)21/h2-9,11-13,18H,10,19-21H2,1H3/t13-/m0/s1. The van der Waals surface area contributed by atoms with E-state index in [1.807, 2.05) is 31.2 Å². The van der Waals surface area contributed by atoms with Crippen LogP contribution in [0, 0.1) is 0 Å². The molecule has 0 unspecified atom stereocenters. The molecule has 0 amide bonds. The molecule has 5 heteroatoms. The maximum atomic E-state index is 5.65. The average molecular weight is 309 g/mol. The minimum absolute atomic E-state index is 0.0373. The van der Waals surface area contributed by atoms with E-state index >= 15 is 0 Å². The summed E-state index contributed by atoms with van der Waals surface area (Å²) in [4.78, 5) is 8.51. The SMILES string of the molecule is C[C@H](N)C=Nc1ccc(Cc2ccc(N=CC(N)N)cc2)cc1. The minimum Gasteiger partial charge on any atom is -0.323 e. The summed E-state index contributed by atoms with van der Waals surface area (Å²) in [6, 6.07) is 16.1. The van der Waals surface area contributed by atoms with E-state index in [1.54, 1.807) is 6.21 Å². The summed E-state index contributed by atoms with van der Waals surface area (Å²) < 4.78 is 0. The molecule has 0 aliphatic rings. The zero-order valence-corrected chi connectivity index (χ0v) is 13.3. The fraction of sp³-hybridized carbons (Fsp3) is 0.222. The third kappa shape index (κ3) is 6.12. The van der Waals surface area contributed by atoms with Crippen LogP contribution < -0.4 is 17.2 Å². The molecule has 2 aromatic carbocycles. The Bertz CT molecular complexity index is 595. The van der Waals surface area contributed by atoms with Gasteiger partial charge < -0.3 is 17.2 Å². The number of hydrogen-bond donors (Lipinski definition) is 3. The Labute approximate surface area is 136 Å². The Kier molecular flexibility index (Phi) is 6.17. The second-order valence-corrected chi connectivity index (χ2v) is 5.50. The van der Waals surface area contributed by atoms with Crippen LogP contribution in [0.1, 0.15) is 18.1 Å². The highest BCUT2D eigenvalue weighted by Crippen LogP contribution is 2.18. The first kappa shape index (κ1) is 17.0. The van der Waals surface area contributed by atoms with Gasteiger partial charge in [0.2, 0.25) is 0 Å². The fourth-order valence-corrected chi connectivity index (χ4v) is 2.01. The Morgan fingerprint density at radius 2 is 1.22 bits per heavy atom. The molecule has 0 heterocycles. The molecule has 5 nitrogen and oxygen atoms in total. The number of nitrogens with two attached hydrogens (primary N) is 3. The highest BCUT2D eigenvalue weighted by molar-refractivity contribution is 5.68. The molecule has 0 saturated carbocycles. The quantitative estimate of drug-likeness (QED) is 0.563. The minimum atomic E-state index is -0.530. The van der Waals surface area contributed by atoms with Gasteiger partial charge in [-0.25, -0.2) is 0 Å². The van der Waals surface area contributed by atoms with Gasteiger partial charge in [0.15, 0.2) is 0 Å². The Hall–Kier alpha value is -2.34. The van der Waals surface area contributed by atoms with Crippen LogP contribution in [0.4, 0.5) is 11.4 Å². The van der Waals surface area contributed by atoms with Crippen molar-refractivity contribution in [2.45, 2.75) is 25.6 Å². The molecule has 23 heavy (non-hydrogen) atoms. The van der Waals surface area contributed by atoms with E-state index in [2.05, 4.69) is 34.3 Å².